The molecule has 0 N–H and O–H groups in total. The van der Waals surface area contributed by atoms with Gasteiger partial charge in [0.2, 0.25) is 0 Å². The summed E-state index contributed by atoms with van der Waals surface area (Å²) < 4.78 is 0. The van der Waals surface area contributed by atoms with Crippen LogP contribution in [-0.2, 0) is 19.3 Å². The van der Waals surface area contributed by atoms with Crippen LogP contribution in [0.1, 0.15) is 30.1 Å². The molecule has 2 aliphatic rings. The topological polar surface area (TPSA) is 0 Å². The molecule has 2 aliphatic carbocycles. The van der Waals surface area contributed by atoms with Crippen LogP contribution < -0.4 is 18.9 Å². The largest absolute Gasteiger partial charge is 1.00 e. The van der Waals surface area contributed by atoms with E-state index in [4.69, 9.17) is 0 Å². The van der Waals surface area contributed by atoms with Crippen molar-refractivity contribution in [1.29, 1.82) is 0 Å². The molecule has 0 bridgehead atoms. The Labute approximate surface area is 92.7 Å². The predicted octanol–water partition coefficient (Wildman–Crippen LogP) is -0.139. The first-order valence-electron chi connectivity index (χ1n) is 4.75. The van der Waals surface area contributed by atoms with Crippen molar-refractivity contribution in [3.8, 4) is 0 Å². The second-order valence-corrected chi connectivity index (χ2v) is 3.78. The Bertz CT molecular complexity index is 368. The van der Waals surface area contributed by atoms with Crippen molar-refractivity contribution in [3.63, 3.8) is 0 Å². The molecule has 1 aromatic carbocycles. The van der Waals surface area contributed by atoms with Crippen LogP contribution in [-0.4, -0.2) is 0 Å². The molecule has 0 aliphatic heterocycles. The van der Waals surface area contributed by atoms with E-state index < -0.39 is 0 Å². The molecule has 0 atom stereocenters. The smallest absolute Gasteiger partial charge is 1.00 e. The molecule has 3 rings (SSSR count). The van der Waals surface area contributed by atoms with E-state index in [2.05, 4.69) is 24.3 Å². The quantitative estimate of drug-likeness (QED) is 0.468. The van der Waals surface area contributed by atoms with Gasteiger partial charge < -0.3 is 1.43 Å². The van der Waals surface area contributed by atoms with E-state index in [9.17, 15) is 0 Å². The number of hydrogen-bond acceptors (Lipinski definition) is 0. The van der Waals surface area contributed by atoms with Gasteiger partial charge in [-0.05, 0) is 47.9 Å². The fraction of sp³-hybridized carbons (Fsp3) is 0.333. The number of rotatable bonds is 0. The summed E-state index contributed by atoms with van der Waals surface area (Å²) in [5.74, 6) is 0. The Morgan fingerprint density at radius 3 is 2.62 bits per heavy atom. The monoisotopic (exact) mass is 164 g/mol. The molecule has 0 unspecified atom stereocenters. The number of hydrogen-bond donors (Lipinski definition) is 0. The third kappa shape index (κ3) is 1.39. The Morgan fingerprint density at radius 1 is 1.00 bits per heavy atom. The zero-order valence-electron chi connectivity index (χ0n) is 9.14. The fourth-order valence-corrected chi connectivity index (χ4v) is 2.34. The second-order valence-electron chi connectivity index (χ2n) is 3.78. The molecule has 0 nitrogen and oxygen atoms in total. The second kappa shape index (κ2) is 3.37. The predicted molar refractivity (Wildman–Crippen MR) is 52.3 cm³/mol. The summed E-state index contributed by atoms with van der Waals surface area (Å²) in [6.07, 6.45) is 9.65. The zero-order chi connectivity index (χ0) is 7.97. The van der Waals surface area contributed by atoms with Crippen LogP contribution in [0.3, 0.4) is 0 Å². The fourth-order valence-electron chi connectivity index (χ4n) is 2.34. The molecule has 0 fully saturated rings. The minimum atomic E-state index is 0. The Balaban J connectivity index is 0.000000490. The molecule has 1 heteroatoms. The first-order chi connectivity index (χ1) is 5.93. The molecule has 0 saturated carbocycles. The Kier molecular flexibility index (Phi) is 2.36. The summed E-state index contributed by atoms with van der Waals surface area (Å²) in [5, 5.41) is 0. The van der Waals surface area contributed by atoms with Crippen molar-refractivity contribution < 1.29 is 20.3 Å². The molecular weight excluding hydrogens is 151 g/mol. The average molecular weight is 164 g/mol. The van der Waals surface area contributed by atoms with Gasteiger partial charge in [-0.15, -0.1) is 0 Å². The van der Waals surface area contributed by atoms with E-state index >= 15 is 0 Å². The van der Waals surface area contributed by atoms with Crippen LogP contribution in [0.4, 0.5) is 0 Å². The molecule has 1 aromatic rings. The summed E-state index contributed by atoms with van der Waals surface area (Å²) in [7, 11) is 0. The van der Waals surface area contributed by atoms with Gasteiger partial charge in [0.1, 0.15) is 0 Å². The SMILES string of the molecule is C1=Cc2cc3c(cc2C1)CCC3.[H-].[Li+]. The normalized spacial score (nSPS) is 16.6. The van der Waals surface area contributed by atoms with Crippen LogP contribution in [0.5, 0.6) is 0 Å². The molecule has 0 heterocycles. The minimum Gasteiger partial charge on any atom is -1.00 e. The first-order valence-corrected chi connectivity index (χ1v) is 4.75. The van der Waals surface area contributed by atoms with Crippen molar-refractivity contribution in [2.45, 2.75) is 25.7 Å². The Morgan fingerprint density at radius 2 is 1.77 bits per heavy atom. The molecule has 62 valence electrons. The van der Waals surface area contributed by atoms with Gasteiger partial charge in [0.15, 0.2) is 0 Å². The van der Waals surface area contributed by atoms with Crippen LogP contribution >= 0.6 is 0 Å². The van der Waals surface area contributed by atoms with E-state index in [0.29, 0.717) is 0 Å². The Hall–Kier alpha value is -0.443. The van der Waals surface area contributed by atoms with Crippen molar-refractivity contribution in [2.24, 2.45) is 0 Å². The first kappa shape index (κ1) is 9.13. The summed E-state index contributed by atoms with van der Waals surface area (Å²) in [4.78, 5) is 0. The third-order valence-electron chi connectivity index (χ3n) is 2.99. The summed E-state index contributed by atoms with van der Waals surface area (Å²) >= 11 is 0. The maximum absolute atomic E-state index is 2.41. The standard InChI is InChI=1S/C12H12.Li.H/c1-3-9-7-11-5-2-6-12(11)8-10(9)4-1;;/h1,3,7-8H,2,4-6H2;;/q;+1;-1. The maximum Gasteiger partial charge on any atom is 1.00 e. The van der Waals surface area contributed by atoms with E-state index in [0.717, 1.165) is 6.42 Å². The van der Waals surface area contributed by atoms with Crippen molar-refractivity contribution in [1.82, 2.24) is 0 Å². The van der Waals surface area contributed by atoms with Gasteiger partial charge in [-0.1, -0.05) is 24.3 Å². The number of benzene rings is 1. The molecule has 0 radical (unpaired) electrons. The van der Waals surface area contributed by atoms with Crippen molar-refractivity contribution in [2.75, 3.05) is 0 Å². The van der Waals surface area contributed by atoms with E-state index in [1.807, 2.05) is 0 Å². The minimum absolute atomic E-state index is 0. The molecule has 0 saturated heterocycles. The van der Waals surface area contributed by atoms with Gasteiger partial charge in [-0.3, -0.25) is 0 Å². The summed E-state index contributed by atoms with van der Waals surface area (Å²) in [6.45, 7) is 0. The van der Waals surface area contributed by atoms with Crippen molar-refractivity contribution >= 4 is 6.08 Å². The van der Waals surface area contributed by atoms with Crippen LogP contribution in [0, 0.1) is 0 Å². The summed E-state index contributed by atoms with van der Waals surface area (Å²) in [5.41, 5.74) is 6.21. The van der Waals surface area contributed by atoms with Crippen LogP contribution in [0.15, 0.2) is 18.2 Å². The van der Waals surface area contributed by atoms with Gasteiger partial charge in [0.05, 0.1) is 0 Å². The van der Waals surface area contributed by atoms with Gasteiger partial charge in [0.25, 0.3) is 0 Å². The maximum atomic E-state index is 2.41. The number of allylic oxidation sites excluding steroid dienone is 1. The molecule has 13 heavy (non-hydrogen) atoms. The molecular formula is C12H13Li. The summed E-state index contributed by atoms with van der Waals surface area (Å²) in [6, 6.07) is 4.80. The van der Waals surface area contributed by atoms with E-state index in [1.54, 1.807) is 11.1 Å². The molecule has 0 aromatic heterocycles. The van der Waals surface area contributed by atoms with E-state index in [-0.39, 0.29) is 20.3 Å². The zero-order valence-corrected chi connectivity index (χ0v) is 8.14. The molecule has 0 spiro atoms. The van der Waals surface area contributed by atoms with Crippen molar-refractivity contribution in [3.05, 3.63) is 40.5 Å². The van der Waals surface area contributed by atoms with Crippen LogP contribution in [0.25, 0.3) is 6.08 Å². The van der Waals surface area contributed by atoms with Gasteiger partial charge in [-0.25, -0.2) is 0 Å². The van der Waals surface area contributed by atoms with Gasteiger partial charge in [0, 0.05) is 0 Å². The third-order valence-corrected chi connectivity index (χ3v) is 2.99. The number of aryl methyl sites for hydroxylation is 2. The van der Waals surface area contributed by atoms with Gasteiger partial charge in [-0.2, -0.15) is 0 Å². The van der Waals surface area contributed by atoms with Gasteiger partial charge >= 0.3 is 18.9 Å². The average Bonchev–Trinajstić information content (AvgIpc) is 2.64. The molecule has 0 amide bonds. The van der Waals surface area contributed by atoms with Crippen LogP contribution in [0.2, 0.25) is 0 Å². The number of fused-ring (bicyclic) bond motifs is 2. The van der Waals surface area contributed by atoms with E-state index in [1.165, 1.54) is 30.4 Å².